The topological polar surface area (TPSA) is 82.2 Å². The lowest BCUT2D eigenvalue weighted by Crippen LogP contribution is -2.57. The van der Waals surface area contributed by atoms with E-state index < -0.39 is 10.2 Å². The van der Waals surface area contributed by atoms with Gasteiger partial charge in [0.25, 0.3) is 10.2 Å². The van der Waals surface area contributed by atoms with Gasteiger partial charge in [-0.3, -0.25) is 9.69 Å². The number of ether oxygens (including phenoxy) is 1. The predicted molar refractivity (Wildman–Crippen MR) is 96.4 cm³/mol. The Labute approximate surface area is 151 Å². The maximum absolute atomic E-state index is 12.8. The molecule has 2 rings (SSSR count). The van der Waals surface area contributed by atoms with Gasteiger partial charge in [0.15, 0.2) is 0 Å². The van der Waals surface area contributed by atoms with E-state index in [1.807, 2.05) is 32.6 Å². The number of piperazine rings is 1. The molecule has 0 aliphatic carbocycles. The van der Waals surface area contributed by atoms with Crippen LogP contribution >= 0.6 is 0 Å². The average Bonchev–Trinajstić information content (AvgIpc) is 2.54. The Kier molecular flexibility index (Phi) is 7.21. The molecular formula is C16H32N4O4S. The summed E-state index contributed by atoms with van der Waals surface area (Å²) in [6, 6.07) is 0.166. The zero-order chi connectivity index (χ0) is 18.6. The fraction of sp³-hybridized carbons (Fsp3) is 0.938. The molecule has 2 fully saturated rings. The van der Waals surface area contributed by atoms with E-state index in [9.17, 15) is 13.2 Å². The summed E-state index contributed by atoms with van der Waals surface area (Å²) in [6.07, 6.45) is 0.710. The molecule has 0 bridgehead atoms. The molecule has 2 heterocycles. The minimum absolute atomic E-state index is 0.00138. The van der Waals surface area contributed by atoms with Gasteiger partial charge in [0, 0.05) is 45.3 Å². The lowest BCUT2D eigenvalue weighted by atomic mass is 10.2. The van der Waals surface area contributed by atoms with Crippen LogP contribution in [0.15, 0.2) is 0 Å². The van der Waals surface area contributed by atoms with Crippen LogP contribution in [0.5, 0.6) is 0 Å². The smallest absolute Gasteiger partial charge is 0.282 e. The summed E-state index contributed by atoms with van der Waals surface area (Å²) < 4.78 is 34.4. The number of amides is 1. The molecular weight excluding hydrogens is 344 g/mol. The third-order valence-electron chi connectivity index (χ3n) is 4.76. The molecule has 0 spiro atoms. The van der Waals surface area contributed by atoms with Crippen molar-refractivity contribution in [1.29, 1.82) is 0 Å². The second kappa shape index (κ2) is 8.77. The Morgan fingerprint density at radius 2 is 1.68 bits per heavy atom. The van der Waals surface area contributed by atoms with Crippen molar-refractivity contribution in [1.82, 2.24) is 18.8 Å². The molecule has 3 atom stereocenters. The third kappa shape index (κ3) is 5.62. The first-order chi connectivity index (χ1) is 11.7. The minimum Gasteiger partial charge on any atom is -0.373 e. The molecule has 1 N–H and O–H groups in total. The highest BCUT2D eigenvalue weighted by Crippen LogP contribution is 2.18. The zero-order valence-corrected chi connectivity index (χ0v) is 16.6. The Morgan fingerprint density at radius 3 is 2.20 bits per heavy atom. The monoisotopic (exact) mass is 376 g/mol. The molecule has 0 aromatic rings. The Balaban J connectivity index is 1.85. The van der Waals surface area contributed by atoms with E-state index in [1.165, 1.54) is 8.61 Å². The lowest BCUT2D eigenvalue weighted by molar-refractivity contribution is -0.123. The van der Waals surface area contributed by atoms with Gasteiger partial charge in [-0.2, -0.15) is 17.0 Å². The van der Waals surface area contributed by atoms with Gasteiger partial charge in [0.2, 0.25) is 5.91 Å². The highest BCUT2D eigenvalue weighted by atomic mass is 32.2. The van der Waals surface area contributed by atoms with Crippen LogP contribution in [0.4, 0.5) is 0 Å². The standard InChI is InChI=1S/C16H32N4O4S/c1-5-13(2)17-16(21)12-18-6-8-19(9-7-18)25(22,23)20-10-14(3)24-15(4)11-20/h13-15H,5-12H2,1-4H3,(H,17,21)/t13-,14-,15+/m1/s1. The van der Waals surface area contributed by atoms with Gasteiger partial charge in [-0.15, -0.1) is 0 Å². The van der Waals surface area contributed by atoms with Crippen LogP contribution in [0.25, 0.3) is 0 Å². The number of morpholine rings is 1. The van der Waals surface area contributed by atoms with E-state index in [0.717, 1.165) is 6.42 Å². The highest BCUT2D eigenvalue weighted by molar-refractivity contribution is 7.86. The summed E-state index contributed by atoms with van der Waals surface area (Å²) in [5, 5.41) is 2.95. The average molecular weight is 377 g/mol. The minimum atomic E-state index is -3.47. The van der Waals surface area contributed by atoms with Crippen LogP contribution < -0.4 is 5.32 Å². The SMILES string of the molecule is CC[C@@H](C)NC(=O)CN1CCN(S(=O)(=O)N2C[C@@H](C)O[C@@H](C)C2)CC1. The number of rotatable bonds is 6. The fourth-order valence-corrected chi connectivity index (χ4v) is 4.97. The molecule has 2 aliphatic rings. The number of hydrogen-bond donors (Lipinski definition) is 1. The van der Waals surface area contributed by atoms with Crippen molar-refractivity contribution in [3.8, 4) is 0 Å². The van der Waals surface area contributed by atoms with Crippen LogP contribution in [-0.4, -0.2) is 91.9 Å². The highest BCUT2D eigenvalue weighted by Gasteiger charge is 2.36. The van der Waals surface area contributed by atoms with Crippen molar-refractivity contribution in [2.24, 2.45) is 0 Å². The maximum atomic E-state index is 12.8. The summed E-state index contributed by atoms with van der Waals surface area (Å²) in [5.41, 5.74) is 0. The molecule has 146 valence electrons. The largest absolute Gasteiger partial charge is 0.373 e. The van der Waals surface area contributed by atoms with E-state index in [4.69, 9.17) is 4.74 Å². The summed E-state index contributed by atoms with van der Waals surface area (Å²) in [7, 11) is -3.47. The van der Waals surface area contributed by atoms with E-state index in [-0.39, 0.29) is 24.2 Å². The number of nitrogens with zero attached hydrogens (tertiary/aromatic N) is 3. The lowest BCUT2D eigenvalue weighted by Gasteiger charge is -2.40. The fourth-order valence-electron chi connectivity index (χ4n) is 3.23. The molecule has 2 aliphatic heterocycles. The van der Waals surface area contributed by atoms with Crippen molar-refractivity contribution in [3.63, 3.8) is 0 Å². The van der Waals surface area contributed by atoms with E-state index in [0.29, 0.717) is 45.8 Å². The van der Waals surface area contributed by atoms with E-state index >= 15 is 0 Å². The van der Waals surface area contributed by atoms with Crippen LogP contribution in [0, 0.1) is 0 Å². The third-order valence-corrected chi connectivity index (χ3v) is 6.73. The molecule has 25 heavy (non-hydrogen) atoms. The van der Waals surface area contributed by atoms with Gasteiger partial charge in [0.05, 0.1) is 18.8 Å². The van der Waals surface area contributed by atoms with Crippen LogP contribution in [0.3, 0.4) is 0 Å². The summed E-state index contributed by atoms with van der Waals surface area (Å²) in [5.74, 6) is 0.00138. The van der Waals surface area contributed by atoms with Gasteiger partial charge < -0.3 is 10.1 Å². The Morgan fingerprint density at radius 1 is 1.12 bits per heavy atom. The molecule has 0 unspecified atom stereocenters. The van der Waals surface area contributed by atoms with Crippen molar-refractivity contribution in [3.05, 3.63) is 0 Å². The first-order valence-corrected chi connectivity index (χ1v) is 10.5. The number of carbonyl (C=O) groups excluding carboxylic acids is 1. The number of nitrogens with one attached hydrogen (secondary N) is 1. The summed E-state index contributed by atoms with van der Waals surface area (Å²) in [6.45, 7) is 10.9. The van der Waals surface area contributed by atoms with E-state index in [2.05, 4.69) is 5.32 Å². The van der Waals surface area contributed by atoms with Crippen molar-refractivity contribution < 1.29 is 17.9 Å². The normalized spacial score (nSPS) is 28.6. The summed E-state index contributed by atoms with van der Waals surface area (Å²) in [4.78, 5) is 14.0. The van der Waals surface area contributed by atoms with Gasteiger partial charge in [-0.25, -0.2) is 0 Å². The molecule has 1 amide bonds. The first-order valence-electron chi connectivity index (χ1n) is 9.14. The Bertz CT molecular complexity index is 538. The van der Waals surface area contributed by atoms with Gasteiger partial charge in [-0.05, 0) is 27.2 Å². The maximum Gasteiger partial charge on any atom is 0.282 e. The first kappa shape index (κ1) is 20.6. The van der Waals surface area contributed by atoms with E-state index in [1.54, 1.807) is 0 Å². The second-order valence-corrected chi connectivity index (χ2v) is 9.06. The molecule has 0 saturated carbocycles. The molecule has 0 radical (unpaired) electrons. The molecule has 8 nitrogen and oxygen atoms in total. The van der Waals surface area contributed by atoms with Crippen LogP contribution in [-0.2, 0) is 19.7 Å². The number of hydrogen-bond acceptors (Lipinski definition) is 5. The van der Waals surface area contributed by atoms with Gasteiger partial charge >= 0.3 is 0 Å². The van der Waals surface area contributed by atoms with Gasteiger partial charge in [-0.1, -0.05) is 6.92 Å². The summed E-state index contributed by atoms with van der Waals surface area (Å²) >= 11 is 0. The second-order valence-electron chi connectivity index (χ2n) is 7.13. The Hall–Kier alpha value is -0.740. The van der Waals surface area contributed by atoms with Crippen molar-refractivity contribution >= 4 is 16.1 Å². The molecule has 0 aromatic heterocycles. The van der Waals surface area contributed by atoms with Crippen molar-refractivity contribution in [2.45, 2.75) is 52.4 Å². The van der Waals surface area contributed by atoms with Crippen molar-refractivity contribution in [2.75, 3.05) is 45.8 Å². The zero-order valence-electron chi connectivity index (χ0n) is 15.8. The molecule has 9 heteroatoms. The predicted octanol–water partition coefficient (Wildman–Crippen LogP) is -0.127. The molecule has 0 aromatic carbocycles. The number of carbonyl (C=O) groups is 1. The van der Waals surface area contributed by atoms with Gasteiger partial charge in [0.1, 0.15) is 0 Å². The quantitative estimate of drug-likeness (QED) is 0.698. The van der Waals surface area contributed by atoms with Crippen LogP contribution in [0.1, 0.15) is 34.1 Å². The van der Waals surface area contributed by atoms with Crippen LogP contribution in [0.2, 0.25) is 0 Å². The molecule has 2 saturated heterocycles.